The maximum Gasteiger partial charge on any atom is 0.243 e. The van der Waals surface area contributed by atoms with Crippen LogP contribution >= 0.6 is 23.2 Å². The first-order valence-corrected chi connectivity index (χ1v) is 14.6. The Labute approximate surface area is 259 Å². The number of nitriles is 1. The third-order valence-corrected chi connectivity index (χ3v) is 8.43. The zero-order valence-corrected chi connectivity index (χ0v) is 25.8. The molecule has 1 aliphatic rings. The van der Waals surface area contributed by atoms with E-state index in [4.69, 9.17) is 23.2 Å². The topological polar surface area (TPSA) is 123 Å². The molecule has 0 aliphatic carbocycles. The maximum atomic E-state index is 15.8. The van der Waals surface area contributed by atoms with Gasteiger partial charge in [0.2, 0.25) is 5.91 Å². The van der Waals surface area contributed by atoms with Crippen LogP contribution < -0.4 is 10.6 Å². The second-order valence-electron chi connectivity index (χ2n) is 12.5. The van der Waals surface area contributed by atoms with Crippen LogP contribution in [0.1, 0.15) is 57.6 Å². The van der Waals surface area contributed by atoms with Crippen LogP contribution in [0, 0.1) is 28.4 Å². The lowest BCUT2D eigenvalue weighted by Gasteiger charge is -2.38. The molecule has 1 aliphatic heterocycles. The van der Waals surface area contributed by atoms with Gasteiger partial charge in [-0.3, -0.25) is 9.48 Å². The van der Waals surface area contributed by atoms with E-state index in [2.05, 4.69) is 21.8 Å². The predicted octanol–water partition coefficient (Wildman–Crippen LogP) is 5.56. The summed E-state index contributed by atoms with van der Waals surface area (Å²) < 4.78 is 33.1. The van der Waals surface area contributed by atoms with Crippen LogP contribution in [0.2, 0.25) is 10.0 Å². The normalized spacial score (nSPS) is 22.4. The highest BCUT2D eigenvalue weighted by Gasteiger charge is 2.61. The summed E-state index contributed by atoms with van der Waals surface area (Å²) in [5.74, 6) is -3.31. The molecule has 43 heavy (non-hydrogen) atoms. The molecule has 12 heteroatoms. The lowest BCUT2D eigenvalue weighted by molar-refractivity contribution is -0.118. The van der Waals surface area contributed by atoms with Crippen molar-refractivity contribution in [3.05, 3.63) is 81.5 Å². The summed E-state index contributed by atoms with van der Waals surface area (Å²) in [5, 5.41) is 41.0. The molecule has 0 spiro atoms. The van der Waals surface area contributed by atoms with Gasteiger partial charge >= 0.3 is 0 Å². The largest absolute Gasteiger partial charge is 0.396 e. The maximum absolute atomic E-state index is 15.8. The summed E-state index contributed by atoms with van der Waals surface area (Å²) in [6, 6.07) is 9.96. The third kappa shape index (κ3) is 6.87. The highest BCUT2D eigenvalue weighted by molar-refractivity contribution is 6.31. The first-order valence-electron chi connectivity index (χ1n) is 13.9. The quantitative estimate of drug-likeness (QED) is 0.232. The molecule has 0 bridgehead atoms. The monoisotopic (exact) mass is 633 g/mol. The molecule has 0 saturated carbocycles. The fourth-order valence-corrected chi connectivity index (χ4v) is 6.36. The third-order valence-electron chi connectivity index (χ3n) is 7.90. The van der Waals surface area contributed by atoms with Gasteiger partial charge in [0.25, 0.3) is 0 Å². The van der Waals surface area contributed by atoms with Gasteiger partial charge in [-0.1, -0.05) is 55.2 Å². The van der Waals surface area contributed by atoms with Crippen molar-refractivity contribution in [2.75, 3.05) is 11.9 Å². The number of amides is 1. The number of hydrogen-bond donors (Lipinski definition) is 4. The van der Waals surface area contributed by atoms with E-state index in [1.807, 2.05) is 13.8 Å². The van der Waals surface area contributed by atoms with E-state index in [0.29, 0.717) is 6.42 Å². The molecule has 0 radical (unpaired) electrons. The van der Waals surface area contributed by atoms with Gasteiger partial charge in [-0.25, -0.2) is 8.78 Å². The van der Waals surface area contributed by atoms with Gasteiger partial charge in [-0.05, 0) is 55.9 Å². The fourth-order valence-electron chi connectivity index (χ4n) is 6.02. The van der Waals surface area contributed by atoms with Crippen LogP contribution in [0.5, 0.6) is 0 Å². The smallest absolute Gasteiger partial charge is 0.243 e. The van der Waals surface area contributed by atoms with Crippen molar-refractivity contribution in [2.45, 2.75) is 76.1 Å². The summed E-state index contributed by atoms with van der Waals surface area (Å²) in [4.78, 5) is 14.0. The Bertz CT molecular complexity index is 1530. The number of hydrogen-bond acceptors (Lipinski definition) is 6. The molecule has 4 atom stereocenters. The number of nitrogens with zero attached hydrogens (tertiary/aromatic N) is 3. The molecule has 1 amide bonds. The van der Waals surface area contributed by atoms with Crippen molar-refractivity contribution < 1.29 is 23.8 Å². The number of nitrogens with one attached hydrogen (secondary N) is 2. The molecule has 1 aromatic heterocycles. The van der Waals surface area contributed by atoms with Crippen molar-refractivity contribution in [3.63, 3.8) is 0 Å². The highest BCUT2D eigenvalue weighted by Crippen LogP contribution is 2.53. The summed E-state index contributed by atoms with van der Waals surface area (Å²) >= 11 is 12.3. The molecule has 0 unspecified atom stereocenters. The van der Waals surface area contributed by atoms with E-state index in [-0.39, 0.29) is 46.6 Å². The Morgan fingerprint density at radius 1 is 1.21 bits per heavy atom. The van der Waals surface area contributed by atoms with Crippen LogP contribution in [0.4, 0.5) is 14.6 Å². The Hall–Kier alpha value is -3.07. The van der Waals surface area contributed by atoms with Crippen molar-refractivity contribution in [1.82, 2.24) is 15.1 Å². The Kier molecular flexibility index (Phi) is 9.55. The van der Waals surface area contributed by atoms with E-state index in [1.54, 1.807) is 26.1 Å². The Morgan fingerprint density at radius 3 is 2.56 bits per heavy atom. The highest BCUT2D eigenvalue weighted by atomic mass is 35.5. The molecular formula is C31H35Cl2F2N5O3. The number of carbonyl (C=O) groups excluding carboxylic acids is 1. The van der Waals surface area contributed by atoms with E-state index in [1.165, 1.54) is 35.0 Å². The lowest BCUT2D eigenvalue weighted by atomic mass is 9.62. The van der Waals surface area contributed by atoms with Gasteiger partial charge in [-0.2, -0.15) is 10.4 Å². The standard InChI is InChI=1S/C31H35Cl2F2N5O3/c1-29(2,11-13-41)15-23-31(16-36,20-9-8-18(32)14-22(20)34)25(19-6-5-7-21(33)26(19)35)27(37-23)28(42)38-24-10-12-40(39-24)17-30(3,4)43/h5-10,12,14,23,25,27,37,41,43H,11,13,15,17H2,1-4H3,(H,38,39,42)/t23-,25-,27+,31-/m0/s1. The number of halogens is 4. The number of benzene rings is 2. The van der Waals surface area contributed by atoms with E-state index >= 15 is 8.78 Å². The Morgan fingerprint density at radius 2 is 1.93 bits per heavy atom. The minimum atomic E-state index is -1.81. The van der Waals surface area contributed by atoms with Crippen molar-refractivity contribution in [3.8, 4) is 6.07 Å². The molecule has 8 nitrogen and oxygen atoms in total. The van der Waals surface area contributed by atoms with Gasteiger partial charge in [0, 0.05) is 41.4 Å². The minimum absolute atomic E-state index is 0.0360. The molecule has 3 aromatic rings. The second kappa shape index (κ2) is 12.5. The fraction of sp³-hybridized carbons (Fsp3) is 0.452. The van der Waals surface area contributed by atoms with Gasteiger partial charge < -0.3 is 20.8 Å². The molecule has 4 N–H and O–H groups in total. The van der Waals surface area contributed by atoms with Crippen LogP contribution in [-0.2, 0) is 16.8 Å². The predicted molar refractivity (Wildman–Crippen MR) is 161 cm³/mol. The zero-order valence-electron chi connectivity index (χ0n) is 24.3. The molecule has 2 aromatic carbocycles. The zero-order chi connectivity index (χ0) is 31.7. The first-order chi connectivity index (χ1) is 20.1. The van der Waals surface area contributed by atoms with Gasteiger partial charge in [0.15, 0.2) is 5.82 Å². The number of aromatic nitrogens is 2. The number of aliphatic hydroxyl groups excluding tert-OH is 1. The van der Waals surface area contributed by atoms with E-state index in [9.17, 15) is 20.3 Å². The minimum Gasteiger partial charge on any atom is -0.396 e. The van der Waals surface area contributed by atoms with E-state index in [0.717, 1.165) is 6.07 Å². The van der Waals surface area contributed by atoms with Crippen LogP contribution in [0.3, 0.4) is 0 Å². The number of anilines is 1. The van der Waals surface area contributed by atoms with Crippen molar-refractivity contribution in [2.24, 2.45) is 5.41 Å². The van der Waals surface area contributed by atoms with E-state index < -0.39 is 52.0 Å². The van der Waals surface area contributed by atoms with Crippen LogP contribution in [0.15, 0.2) is 48.7 Å². The van der Waals surface area contributed by atoms with Gasteiger partial charge in [0.05, 0.1) is 29.3 Å². The van der Waals surface area contributed by atoms with Gasteiger partial charge in [-0.15, -0.1) is 0 Å². The molecule has 230 valence electrons. The SMILES string of the molecule is CC(C)(O)Cn1ccc(NC(=O)[C@@H]2N[C@@H](CC(C)(C)CCO)[C@](C#N)(c3ccc(Cl)cc3F)[C@H]2c2cccc(Cl)c2F)n1. The molecule has 4 rings (SSSR count). The van der Waals surface area contributed by atoms with Crippen molar-refractivity contribution in [1.29, 1.82) is 5.26 Å². The number of rotatable bonds is 10. The number of aliphatic hydroxyl groups is 2. The molecule has 1 saturated heterocycles. The van der Waals surface area contributed by atoms with Crippen LogP contribution in [-0.4, -0.2) is 50.2 Å². The first kappa shape index (κ1) is 32.8. The summed E-state index contributed by atoms with van der Waals surface area (Å²) in [5.41, 5.74) is -3.51. The van der Waals surface area contributed by atoms with Gasteiger partial charge in [0.1, 0.15) is 17.0 Å². The average Bonchev–Trinajstić information content (AvgIpc) is 3.46. The lowest BCUT2D eigenvalue weighted by Crippen LogP contribution is -2.45. The number of carbonyl (C=O) groups is 1. The summed E-state index contributed by atoms with van der Waals surface area (Å²) in [6.07, 6.45) is 2.18. The summed E-state index contributed by atoms with van der Waals surface area (Å²) in [7, 11) is 0. The molecule has 2 heterocycles. The molecule has 1 fully saturated rings. The molecular weight excluding hydrogens is 599 g/mol. The average molecular weight is 635 g/mol. The Balaban J connectivity index is 1.89. The summed E-state index contributed by atoms with van der Waals surface area (Å²) in [6.45, 7) is 7.06. The van der Waals surface area contributed by atoms with Crippen LogP contribution in [0.25, 0.3) is 0 Å². The second-order valence-corrected chi connectivity index (χ2v) is 13.3. The van der Waals surface area contributed by atoms with Crippen molar-refractivity contribution >= 4 is 34.9 Å².